The fourth-order valence-corrected chi connectivity index (χ4v) is 4.34. The Labute approximate surface area is 208 Å². The minimum absolute atomic E-state index is 0.00894. The summed E-state index contributed by atoms with van der Waals surface area (Å²) in [5, 5.41) is 8.23. The minimum atomic E-state index is -0.323. The van der Waals surface area contributed by atoms with Crippen molar-refractivity contribution in [1.29, 1.82) is 0 Å². The maximum Gasteiger partial charge on any atom is 0.309 e. The number of nitrogens with one attached hydrogen (secondary N) is 1. The van der Waals surface area contributed by atoms with Gasteiger partial charge in [0.2, 0.25) is 0 Å². The number of rotatable bonds is 6. The van der Waals surface area contributed by atoms with Gasteiger partial charge in [-0.3, -0.25) is 14.7 Å². The van der Waals surface area contributed by atoms with Crippen LogP contribution in [0.1, 0.15) is 15.9 Å². The Balaban J connectivity index is 1.52. The molecule has 2 aromatic carbocycles. The number of carbonyl (C=O) groups is 2. The number of benzene rings is 2. The molecule has 0 radical (unpaired) electrons. The molecule has 9 heteroatoms. The molecule has 9 nitrogen and oxygen atoms in total. The summed E-state index contributed by atoms with van der Waals surface area (Å²) in [6.07, 6.45) is 1.89. The number of hydrogen-bond donors (Lipinski definition) is 1. The van der Waals surface area contributed by atoms with Gasteiger partial charge in [0.15, 0.2) is 5.65 Å². The smallest absolute Gasteiger partial charge is 0.309 e. The van der Waals surface area contributed by atoms with Crippen LogP contribution in [-0.2, 0) is 20.7 Å². The Morgan fingerprint density at radius 2 is 1.89 bits per heavy atom. The Hall–Kier alpha value is -4.24. The molecular formula is C27H26N4O5. The molecule has 0 saturated carbocycles. The lowest BCUT2D eigenvalue weighted by Gasteiger charge is -2.27. The number of amides is 1. The van der Waals surface area contributed by atoms with E-state index in [4.69, 9.17) is 14.2 Å². The van der Waals surface area contributed by atoms with Gasteiger partial charge in [-0.2, -0.15) is 5.10 Å². The van der Waals surface area contributed by atoms with Gasteiger partial charge in [0, 0.05) is 41.4 Å². The first kappa shape index (κ1) is 23.5. The lowest BCUT2D eigenvalue weighted by atomic mass is 10.00. The maximum absolute atomic E-state index is 13.0. The molecule has 0 bridgehead atoms. The highest BCUT2D eigenvalue weighted by Crippen LogP contribution is 2.35. The lowest BCUT2D eigenvalue weighted by molar-refractivity contribution is -0.139. The summed E-state index contributed by atoms with van der Waals surface area (Å²) in [6.45, 7) is 2.29. The summed E-state index contributed by atoms with van der Waals surface area (Å²) in [7, 11) is 2.96. The van der Waals surface area contributed by atoms with Gasteiger partial charge in [0.05, 0.1) is 39.5 Å². The molecule has 1 saturated heterocycles. The molecule has 1 fully saturated rings. The SMILES string of the molecule is COC(=O)Cc1ccc(OC)c(-c2[nH]nc3ncc(-c4cccc(C(=O)N5CCOCC5)c4)cc23)c1. The van der Waals surface area contributed by atoms with Crippen molar-refractivity contribution in [3.8, 4) is 28.1 Å². The predicted octanol–water partition coefficient (Wildman–Crippen LogP) is 3.49. The zero-order chi connectivity index (χ0) is 25.1. The highest BCUT2D eigenvalue weighted by atomic mass is 16.5. The highest BCUT2D eigenvalue weighted by molar-refractivity contribution is 5.97. The van der Waals surface area contributed by atoms with Crippen LogP contribution in [0.3, 0.4) is 0 Å². The van der Waals surface area contributed by atoms with Crippen LogP contribution in [0.25, 0.3) is 33.4 Å². The first-order valence-corrected chi connectivity index (χ1v) is 11.6. The fraction of sp³-hybridized carbons (Fsp3) is 0.259. The molecule has 0 aliphatic carbocycles. The Kier molecular flexibility index (Phi) is 6.64. The third-order valence-corrected chi connectivity index (χ3v) is 6.26. The number of esters is 1. The first-order valence-electron chi connectivity index (χ1n) is 11.6. The highest BCUT2D eigenvalue weighted by Gasteiger charge is 2.20. The quantitative estimate of drug-likeness (QED) is 0.416. The molecule has 36 heavy (non-hydrogen) atoms. The van der Waals surface area contributed by atoms with E-state index in [1.54, 1.807) is 13.3 Å². The average molecular weight is 487 g/mol. The van der Waals surface area contributed by atoms with Gasteiger partial charge >= 0.3 is 5.97 Å². The number of pyridine rings is 1. The molecule has 4 aromatic rings. The van der Waals surface area contributed by atoms with Crippen molar-refractivity contribution < 1.29 is 23.8 Å². The summed E-state index contributed by atoms with van der Waals surface area (Å²) in [5.41, 5.74) is 5.18. The van der Waals surface area contributed by atoms with E-state index >= 15 is 0 Å². The van der Waals surface area contributed by atoms with Crippen LogP contribution in [0.2, 0.25) is 0 Å². The molecule has 2 aromatic heterocycles. The number of morpholine rings is 1. The zero-order valence-electron chi connectivity index (χ0n) is 20.1. The first-order chi connectivity index (χ1) is 17.6. The molecular weight excluding hydrogens is 460 g/mol. The van der Waals surface area contributed by atoms with Gasteiger partial charge < -0.3 is 19.1 Å². The monoisotopic (exact) mass is 486 g/mol. The number of aromatic nitrogens is 3. The molecule has 0 spiro atoms. The normalized spacial score (nSPS) is 13.6. The Bertz CT molecular complexity index is 1420. The van der Waals surface area contributed by atoms with Gasteiger partial charge in [-0.1, -0.05) is 18.2 Å². The van der Waals surface area contributed by atoms with E-state index in [-0.39, 0.29) is 18.3 Å². The zero-order valence-corrected chi connectivity index (χ0v) is 20.1. The third kappa shape index (κ3) is 4.65. The van der Waals surface area contributed by atoms with Crippen LogP contribution >= 0.6 is 0 Å². The lowest BCUT2D eigenvalue weighted by Crippen LogP contribution is -2.40. The van der Waals surface area contributed by atoms with Crippen LogP contribution < -0.4 is 4.74 Å². The molecule has 184 valence electrons. The van der Waals surface area contributed by atoms with Gasteiger partial charge in [0.25, 0.3) is 5.91 Å². The number of hydrogen-bond acceptors (Lipinski definition) is 7. The summed E-state index contributed by atoms with van der Waals surface area (Å²) in [6, 6.07) is 15.1. The van der Waals surface area contributed by atoms with Crippen molar-refractivity contribution in [3.05, 3.63) is 65.9 Å². The maximum atomic E-state index is 13.0. The van der Waals surface area contributed by atoms with Crippen LogP contribution in [0.5, 0.6) is 5.75 Å². The van der Waals surface area contributed by atoms with Crippen LogP contribution in [0.15, 0.2) is 54.7 Å². The second-order valence-corrected chi connectivity index (χ2v) is 8.47. The molecule has 1 N–H and O–H groups in total. The summed E-state index contributed by atoms with van der Waals surface area (Å²) in [4.78, 5) is 31.1. The van der Waals surface area contributed by atoms with Crippen molar-refractivity contribution in [2.45, 2.75) is 6.42 Å². The average Bonchev–Trinajstić information content (AvgIpc) is 3.36. The number of carbonyl (C=O) groups excluding carboxylic acids is 2. The molecule has 1 aliphatic heterocycles. The van der Waals surface area contributed by atoms with Gasteiger partial charge in [-0.05, 0) is 41.5 Å². The standard InChI is InChI=1S/C27H26N4O5/c1-34-23-7-6-17(13-24(32)35-2)12-21(23)25-22-15-20(16-28-26(22)30-29-25)18-4-3-5-19(14-18)27(33)31-8-10-36-11-9-31/h3-7,12,14-16H,8-11,13H2,1-2H3,(H,28,29,30). The molecule has 5 rings (SSSR count). The molecule has 0 unspecified atom stereocenters. The topological polar surface area (TPSA) is 107 Å². The molecule has 1 aliphatic rings. The van der Waals surface area contributed by atoms with E-state index in [0.717, 1.165) is 33.3 Å². The van der Waals surface area contributed by atoms with E-state index in [0.29, 0.717) is 43.3 Å². The minimum Gasteiger partial charge on any atom is -0.496 e. The summed E-state index contributed by atoms with van der Waals surface area (Å²) >= 11 is 0. The van der Waals surface area contributed by atoms with Gasteiger partial charge in [-0.15, -0.1) is 0 Å². The number of nitrogens with zero attached hydrogens (tertiary/aromatic N) is 3. The number of fused-ring (bicyclic) bond motifs is 1. The number of aromatic amines is 1. The Morgan fingerprint density at radius 3 is 2.67 bits per heavy atom. The van der Waals surface area contributed by atoms with E-state index in [2.05, 4.69) is 15.2 Å². The Morgan fingerprint density at radius 1 is 1.06 bits per heavy atom. The predicted molar refractivity (Wildman–Crippen MR) is 134 cm³/mol. The van der Waals surface area contributed by atoms with Crippen molar-refractivity contribution in [3.63, 3.8) is 0 Å². The largest absolute Gasteiger partial charge is 0.496 e. The second kappa shape index (κ2) is 10.2. The number of H-pyrrole nitrogens is 1. The van der Waals surface area contributed by atoms with Gasteiger partial charge in [0.1, 0.15) is 5.75 Å². The third-order valence-electron chi connectivity index (χ3n) is 6.26. The molecule has 0 atom stereocenters. The van der Waals surface area contributed by atoms with Gasteiger partial charge in [-0.25, -0.2) is 4.98 Å². The molecule has 3 heterocycles. The van der Waals surface area contributed by atoms with Crippen LogP contribution in [0, 0.1) is 0 Å². The van der Waals surface area contributed by atoms with Crippen molar-refractivity contribution in [2.24, 2.45) is 0 Å². The van der Waals surface area contributed by atoms with E-state index in [9.17, 15) is 9.59 Å². The second-order valence-electron chi connectivity index (χ2n) is 8.47. The van der Waals surface area contributed by atoms with Crippen LogP contribution in [-0.4, -0.2) is 72.5 Å². The van der Waals surface area contributed by atoms with Crippen molar-refractivity contribution in [1.82, 2.24) is 20.1 Å². The summed E-state index contributed by atoms with van der Waals surface area (Å²) in [5.74, 6) is 0.305. The number of ether oxygens (including phenoxy) is 3. The van der Waals surface area contributed by atoms with E-state index in [1.807, 2.05) is 53.4 Å². The molecule has 1 amide bonds. The van der Waals surface area contributed by atoms with Crippen molar-refractivity contribution in [2.75, 3.05) is 40.5 Å². The summed E-state index contributed by atoms with van der Waals surface area (Å²) < 4.78 is 15.8. The number of methoxy groups -OCH3 is 2. The van der Waals surface area contributed by atoms with E-state index in [1.165, 1.54) is 7.11 Å². The van der Waals surface area contributed by atoms with E-state index < -0.39 is 0 Å². The van der Waals surface area contributed by atoms with Crippen LogP contribution in [0.4, 0.5) is 0 Å². The van der Waals surface area contributed by atoms with Crippen molar-refractivity contribution >= 4 is 22.9 Å². The fourth-order valence-electron chi connectivity index (χ4n) is 4.34.